The summed E-state index contributed by atoms with van der Waals surface area (Å²) in [5.74, 6) is 0. The molecule has 8 heteroatoms. The summed E-state index contributed by atoms with van der Waals surface area (Å²) in [4.78, 5) is 2.23. The molecule has 1 aromatic heterocycles. The van der Waals surface area contributed by atoms with Gasteiger partial charge >= 0.3 is 0 Å². The summed E-state index contributed by atoms with van der Waals surface area (Å²) in [7, 11) is 0.0972. The summed E-state index contributed by atoms with van der Waals surface area (Å²) < 4.78 is 34.2. The highest BCUT2D eigenvalue weighted by atomic mass is 32.2. The standard InChI is InChI=1S/C11H20N4O3S/c1-4-18-11-8-14(2)7-10(11)13-19(16,17)9-5-12-15(3)6-9/h5-6,10-11,13H,4,7-8H2,1-3H3/t10-,11-/m0/s1. The van der Waals surface area contributed by atoms with E-state index < -0.39 is 10.0 Å². The summed E-state index contributed by atoms with van der Waals surface area (Å²) in [6, 6.07) is -0.227. The van der Waals surface area contributed by atoms with Gasteiger partial charge in [0.05, 0.1) is 18.3 Å². The lowest BCUT2D eigenvalue weighted by Crippen LogP contribution is -2.43. The van der Waals surface area contributed by atoms with E-state index in [9.17, 15) is 8.42 Å². The van der Waals surface area contributed by atoms with Gasteiger partial charge in [-0.05, 0) is 14.0 Å². The van der Waals surface area contributed by atoms with Crippen molar-refractivity contribution < 1.29 is 13.2 Å². The molecule has 2 atom stereocenters. The monoisotopic (exact) mass is 288 g/mol. The smallest absolute Gasteiger partial charge is 0.244 e. The number of nitrogens with zero attached hydrogens (tertiary/aromatic N) is 3. The van der Waals surface area contributed by atoms with Gasteiger partial charge in [0, 0.05) is 32.9 Å². The molecule has 0 saturated carbocycles. The molecule has 0 radical (unpaired) electrons. The molecule has 1 aliphatic rings. The second kappa shape index (κ2) is 5.58. The van der Waals surface area contributed by atoms with Crippen LogP contribution in [0.25, 0.3) is 0 Å². The third-order valence-corrected chi connectivity index (χ3v) is 4.57. The fourth-order valence-corrected chi connectivity index (χ4v) is 3.50. The third kappa shape index (κ3) is 3.33. The lowest BCUT2D eigenvalue weighted by molar-refractivity contribution is 0.0589. The number of sulfonamides is 1. The molecule has 1 N–H and O–H groups in total. The van der Waals surface area contributed by atoms with Gasteiger partial charge in [-0.2, -0.15) is 5.10 Å². The molecule has 2 heterocycles. The van der Waals surface area contributed by atoms with E-state index in [1.807, 2.05) is 14.0 Å². The number of rotatable bonds is 5. The summed E-state index contributed by atoms with van der Waals surface area (Å²) in [6.07, 6.45) is 2.72. The van der Waals surface area contributed by atoms with Crippen LogP contribution in [0.2, 0.25) is 0 Å². The first kappa shape index (κ1) is 14.4. The van der Waals surface area contributed by atoms with Gasteiger partial charge in [-0.15, -0.1) is 0 Å². The zero-order valence-electron chi connectivity index (χ0n) is 11.4. The molecule has 0 amide bonds. The molecule has 0 aromatic carbocycles. The Labute approximate surface area is 113 Å². The Morgan fingerprint density at radius 1 is 1.47 bits per heavy atom. The summed E-state index contributed by atoms with van der Waals surface area (Å²) in [6.45, 7) is 3.85. The minimum Gasteiger partial charge on any atom is -0.375 e. The number of aryl methyl sites for hydroxylation is 1. The molecule has 19 heavy (non-hydrogen) atoms. The molecule has 1 aliphatic heterocycles. The van der Waals surface area contributed by atoms with Crippen LogP contribution in [0.5, 0.6) is 0 Å². The maximum atomic E-state index is 12.2. The summed E-state index contributed by atoms with van der Waals surface area (Å²) in [5.41, 5.74) is 0. The van der Waals surface area contributed by atoms with Crippen molar-refractivity contribution in [2.45, 2.75) is 24.0 Å². The predicted octanol–water partition coefficient (Wildman–Crippen LogP) is -0.582. The Bertz CT molecular complexity index is 528. The van der Waals surface area contributed by atoms with Crippen LogP contribution in [0, 0.1) is 0 Å². The van der Waals surface area contributed by atoms with Crippen LogP contribution in [0.4, 0.5) is 0 Å². The van der Waals surface area contributed by atoms with Crippen molar-refractivity contribution >= 4 is 10.0 Å². The number of aromatic nitrogens is 2. The van der Waals surface area contributed by atoms with E-state index in [-0.39, 0.29) is 17.0 Å². The topological polar surface area (TPSA) is 76.5 Å². The van der Waals surface area contributed by atoms with Crippen molar-refractivity contribution in [3.05, 3.63) is 12.4 Å². The van der Waals surface area contributed by atoms with E-state index in [1.165, 1.54) is 17.1 Å². The van der Waals surface area contributed by atoms with Crippen LogP contribution >= 0.6 is 0 Å². The number of likely N-dealkylation sites (tertiary alicyclic amines) is 1. The largest absolute Gasteiger partial charge is 0.375 e. The Hall–Kier alpha value is -0.960. The fraction of sp³-hybridized carbons (Fsp3) is 0.727. The number of hydrogen-bond acceptors (Lipinski definition) is 5. The molecular weight excluding hydrogens is 268 g/mol. The molecule has 7 nitrogen and oxygen atoms in total. The molecule has 0 unspecified atom stereocenters. The van der Waals surface area contributed by atoms with Gasteiger partial charge in [-0.3, -0.25) is 4.68 Å². The molecule has 0 aliphatic carbocycles. The molecule has 1 saturated heterocycles. The van der Waals surface area contributed by atoms with Gasteiger partial charge in [-0.1, -0.05) is 0 Å². The Kier molecular flexibility index (Phi) is 4.24. The highest BCUT2D eigenvalue weighted by Gasteiger charge is 2.34. The predicted molar refractivity (Wildman–Crippen MR) is 70.2 cm³/mol. The SMILES string of the molecule is CCO[C@H]1CN(C)C[C@@H]1NS(=O)(=O)c1cnn(C)c1. The highest BCUT2D eigenvalue weighted by molar-refractivity contribution is 7.89. The lowest BCUT2D eigenvalue weighted by atomic mass is 10.2. The first-order valence-corrected chi connectivity index (χ1v) is 7.72. The minimum atomic E-state index is -3.54. The van der Waals surface area contributed by atoms with Crippen molar-refractivity contribution in [3.63, 3.8) is 0 Å². The summed E-state index contributed by atoms with van der Waals surface area (Å²) >= 11 is 0. The highest BCUT2D eigenvalue weighted by Crippen LogP contribution is 2.15. The second-order valence-corrected chi connectivity index (χ2v) is 6.51. The van der Waals surface area contributed by atoms with E-state index in [4.69, 9.17) is 4.74 Å². The minimum absolute atomic E-state index is 0.110. The summed E-state index contributed by atoms with van der Waals surface area (Å²) in [5, 5.41) is 3.88. The van der Waals surface area contributed by atoms with Crippen molar-refractivity contribution in [3.8, 4) is 0 Å². The van der Waals surface area contributed by atoms with Crippen LogP contribution in [-0.4, -0.2) is 62.0 Å². The van der Waals surface area contributed by atoms with Crippen LogP contribution in [-0.2, 0) is 21.8 Å². The van der Waals surface area contributed by atoms with Crippen LogP contribution in [0.15, 0.2) is 17.3 Å². The quantitative estimate of drug-likeness (QED) is 0.784. The zero-order valence-corrected chi connectivity index (χ0v) is 12.2. The average Bonchev–Trinajstić information content (AvgIpc) is 2.87. The van der Waals surface area contributed by atoms with Crippen LogP contribution in [0.1, 0.15) is 6.92 Å². The molecule has 0 bridgehead atoms. The molecular formula is C11H20N4O3S. The van der Waals surface area contributed by atoms with Crippen LogP contribution < -0.4 is 4.72 Å². The van der Waals surface area contributed by atoms with Gasteiger partial charge < -0.3 is 9.64 Å². The van der Waals surface area contributed by atoms with Crippen LogP contribution in [0.3, 0.4) is 0 Å². The first-order chi connectivity index (χ1) is 8.92. The van der Waals surface area contributed by atoms with Crippen molar-refractivity contribution in [1.82, 2.24) is 19.4 Å². The maximum absolute atomic E-state index is 12.2. The van der Waals surface area contributed by atoms with Gasteiger partial charge in [-0.25, -0.2) is 13.1 Å². The number of ether oxygens (including phenoxy) is 1. The normalized spacial score (nSPS) is 25.0. The Morgan fingerprint density at radius 2 is 2.21 bits per heavy atom. The molecule has 2 rings (SSSR count). The van der Waals surface area contributed by atoms with E-state index in [2.05, 4.69) is 14.7 Å². The molecule has 1 aromatic rings. The lowest BCUT2D eigenvalue weighted by Gasteiger charge is -2.19. The molecule has 0 spiro atoms. The average molecular weight is 288 g/mol. The molecule has 1 fully saturated rings. The Morgan fingerprint density at radius 3 is 2.79 bits per heavy atom. The van der Waals surface area contributed by atoms with E-state index in [0.717, 1.165) is 6.54 Å². The van der Waals surface area contributed by atoms with Gasteiger partial charge in [0.1, 0.15) is 4.90 Å². The second-order valence-electron chi connectivity index (χ2n) is 4.79. The van der Waals surface area contributed by atoms with E-state index in [1.54, 1.807) is 7.05 Å². The van der Waals surface area contributed by atoms with Crippen molar-refractivity contribution in [2.24, 2.45) is 7.05 Å². The fourth-order valence-electron chi connectivity index (χ4n) is 2.26. The molecule has 108 valence electrons. The van der Waals surface area contributed by atoms with Gasteiger partial charge in [0.25, 0.3) is 0 Å². The third-order valence-electron chi connectivity index (χ3n) is 3.13. The van der Waals surface area contributed by atoms with E-state index in [0.29, 0.717) is 13.2 Å². The van der Waals surface area contributed by atoms with E-state index >= 15 is 0 Å². The first-order valence-electron chi connectivity index (χ1n) is 6.23. The van der Waals surface area contributed by atoms with Crippen molar-refractivity contribution in [2.75, 3.05) is 26.7 Å². The van der Waals surface area contributed by atoms with Gasteiger partial charge in [0.15, 0.2) is 0 Å². The van der Waals surface area contributed by atoms with Gasteiger partial charge in [0.2, 0.25) is 10.0 Å². The maximum Gasteiger partial charge on any atom is 0.244 e. The number of nitrogens with one attached hydrogen (secondary N) is 1. The zero-order chi connectivity index (χ0) is 14.0. The number of likely N-dealkylation sites (N-methyl/N-ethyl adjacent to an activating group) is 1. The number of hydrogen-bond donors (Lipinski definition) is 1. The van der Waals surface area contributed by atoms with Crippen molar-refractivity contribution in [1.29, 1.82) is 0 Å². The Balaban J connectivity index is 2.11.